The van der Waals surface area contributed by atoms with E-state index < -0.39 is 0 Å². The summed E-state index contributed by atoms with van der Waals surface area (Å²) in [5.41, 5.74) is 1.57. The van der Waals surface area contributed by atoms with E-state index in [-0.39, 0.29) is 12.5 Å². The van der Waals surface area contributed by atoms with E-state index in [1.807, 2.05) is 38.4 Å². The van der Waals surface area contributed by atoms with E-state index in [2.05, 4.69) is 15.5 Å². The number of halogens is 1. The van der Waals surface area contributed by atoms with E-state index in [9.17, 15) is 4.79 Å². The summed E-state index contributed by atoms with van der Waals surface area (Å²) in [7, 11) is 3.64. The number of rotatable bonds is 5. The van der Waals surface area contributed by atoms with Gasteiger partial charge in [-0.05, 0) is 12.1 Å². The van der Waals surface area contributed by atoms with E-state index in [0.29, 0.717) is 26.8 Å². The summed E-state index contributed by atoms with van der Waals surface area (Å²) in [6, 6.07) is 10.6. The first-order chi connectivity index (χ1) is 12.4. The van der Waals surface area contributed by atoms with Crippen LogP contribution in [0, 0.1) is 5.41 Å². The predicted octanol–water partition coefficient (Wildman–Crippen LogP) is 3.27. The Labute approximate surface area is 159 Å². The molecule has 9 heteroatoms. The summed E-state index contributed by atoms with van der Waals surface area (Å²) in [5.74, 6) is 0.910. The Hall–Kier alpha value is -2.71. The van der Waals surface area contributed by atoms with Crippen LogP contribution in [0.2, 0.25) is 4.34 Å². The fourth-order valence-corrected chi connectivity index (χ4v) is 3.12. The minimum absolute atomic E-state index is 0.130. The monoisotopic (exact) mass is 389 g/mol. The molecule has 0 aliphatic heterocycles. The van der Waals surface area contributed by atoms with Gasteiger partial charge >= 0.3 is 0 Å². The summed E-state index contributed by atoms with van der Waals surface area (Å²) < 4.78 is 5.73. The molecule has 0 saturated carbocycles. The summed E-state index contributed by atoms with van der Waals surface area (Å²) in [4.78, 5) is 18.5. The number of aromatic nitrogens is 2. The second kappa shape index (κ2) is 7.67. The quantitative estimate of drug-likeness (QED) is 0.515. The zero-order valence-corrected chi connectivity index (χ0v) is 15.7. The van der Waals surface area contributed by atoms with Gasteiger partial charge < -0.3 is 14.7 Å². The van der Waals surface area contributed by atoms with Crippen molar-refractivity contribution in [2.24, 2.45) is 0 Å². The van der Waals surface area contributed by atoms with Crippen molar-refractivity contribution in [1.82, 2.24) is 20.4 Å². The van der Waals surface area contributed by atoms with Crippen LogP contribution in [0.15, 0.2) is 40.9 Å². The average molecular weight is 390 g/mol. The number of carbonyl (C=O) groups is 1. The Bertz CT molecular complexity index is 933. The van der Waals surface area contributed by atoms with Crippen LogP contribution in [0.1, 0.15) is 21.1 Å². The van der Waals surface area contributed by atoms with Crippen molar-refractivity contribution in [3.8, 4) is 11.4 Å². The normalized spacial score (nSPS) is 10.6. The minimum atomic E-state index is -0.242. The molecular formula is C17H16ClN5O2S. The first kappa shape index (κ1) is 18.1. The summed E-state index contributed by atoms with van der Waals surface area (Å²) in [6.07, 6.45) is 0. The van der Waals surface area contributed by atoms with Crippen molar-refractivity contribution < 1.29 is 9.32 Å². The average Bonchev–Trinajstić information content (AvgIpc) is 3.28. The summed E-state index contributed by atoms with van der Waals surface area (Å²) >= 11 is 7.03. The number of amides is 1. The van der Waals surface area contributed by atoms with Crippen LogP contribution in [-0.4, -0.2) is 40.9 Å². The van der Waals surface area contributed by atoms with Gasteiger partial charge in [-0.25, -0.2) is 0 Å². The smallest absolute Gasteiger partial charge is 0.261 e. The number of nitrogens with one attached hydrogen (secondary N) is 2. The molecular weight excluding hydrogens is 374 g/mol. The van der Waals surface area contributed by atoms with Crippen molar-refractivity contribution in [3.63, 3.8) is 0 Å². The number of benzene rings is 1. The molecule has 0 fully saturated rings. The van der Waals surface area contributed by atoms with E-state index in [4.69, 9.17) is 21.5 Å². The second-order valence-corrected chi connectivity index (χ2v) is 7.33. The van der Waals surface area contributed by atoms with Gasteiger partial charge in [0.05, 0.1) is 15.8 Å². The maximum Gasteiger partial charge on any atom is 0.261 e. The topological polar surface area (TPSA) is 95.1 Å². The van der Waals surface area contributed by atoms with E-state index in [1.165, 1.54) is 11.3 Å². The standard InChI is InChI=1S/C17H16ClN5O2S/c1-23(2)15(19)10-3-5-11(6-4-10)16-21-14(25-22-16)9-20-17(24)12-7-8-13(18)26-12/h3-8,19H,9H2,1-2H3,(H,20,24). The van der Waals surface area contributed by atoms with Gasteiger partial charge in [-0.1, -0.05) is 41.0 Å². The molecule has 2 heterocycles. The van der Waals surface area contributed by atoms with Crippen LogP contribution in [0.4, 0.5) is 0 Å². The van der Waals surface area contributed by atoms with Gasteiger partial charge in [-0.2, -0.15) is 4.98 Å². The number of thiophene rings is 1. The molecule has 2 aromatic heterocycles. The molecule has 0 aliphatic carbocycles. The number of hydrogen-bond acceptors (Lipinski definition) is 6. The molecule has 0 aliphatic rings. The highest BCUT2D eigenvalue weighted by molar-refractivity contribution is 7.17. The number of carbonyl (C=O) groups excluding carboxylic acids is 1. The third kappa shape index (κ3) is 4.09. The highest BCUT2D eigenvalue weighted by Gasteiger charge is 2.13. The minimum Gasteiger partial charge on any atom is -0.363 e. The maximum atomic E-state index is 12.0. The molecule has 0 spiro atoms. The van der Waals surface area contributed by atoms with Crippen LogP contribution in [-0.2, 0) is 6.54 Å². The third-order valence-electron chi connectivity index (χ3n) is 3.53. The Balaban J connectivity index is 1.64. The predicted molar refractivity (Wildman–Crippen MR) is 101 cm³/mol. The SMILES string of the molecule is CN(C)C(=N)c1ccc(-c2noc(CNC(=O)c3ccc(Cl)s3)n2)cc1. The second-order valence-electron chi connectivity index (χ2n) is 5.62. The molecule has 26 heavy (non-hydrogen) atoms. The van der Waals surface area contributed by atoms with Crippen LogP contribution in [0.3, 0.4) is 0 Å². The first-order valence-electron chi connectivity index (χ1n) is 7.67. The Kier molecular flexibility index (Phi) is 5.34. The van der Waals surface area contributed by atoms with Crippen LogP contribution >= 0.6 is 22.9 Å². The molecule has 0 bridgehead atoms. The molecule has 3 aromatic rings. The third-order valence-corrected chi connectivity index (χ3v) is 4.76. The zero-order valence-electron chi connectivity index (χ0n) is 14.1. The molecule has 1 aromatic carbocycles. The van der Waals surface area contributed by atoms with Gasteiger partial charge in [0, 0.05) is 25.2 Å². The molecule has 0 unspecified atom stereocenters. The summed E-state index contributed by atoms with van der Waals surface area (Å²) in [5, 5.41) is 14.6. The molecule has 0 atom stereocenters. The lowest BCUT2D eigenvalue weighted by Gasteiger charge is -2.13. The largest absolute Gasteiger partial charge is 0.363 e. The van der Waals surface area contributed by atoms with Gasteiger partial charge in [0.2, 0.25) is 11.7 Å². The molecule has 0 radical (unpaired) electrons. The molecule has 0 saturated heterocycles. The first-order valence-corrected chi connectivity index (χ1v) is 8.86. The molecule has 2 N–H and O–H groups in total. The van der Waals surface area contributed by atoms with E-state index in [0.717, 1.165) is 11.1 Å². The van der Waals surface area contributed by atoms with Crippen LogP contribution in [0.25, 0.3) is 11.4 Å². The van der Waals surface area contributed by atoms with Crippen molar-refractivity contribution >= 4 is 34.7 Å². The van der Waals surface area contributed by atoms with Crippen molar-refractivity contribution in [1.29, 1.82) is 5.41 Å². The fraction of sp³-hybridized carbons (Fsp3) is 0.176. The molecule has 7 nitrogen and oxygen atoms in total. The van der Waals surface area contributed by atoms with Crippen molar-refractivity contribution in [3.05, 3.63) is 57.1 Å². The van der Waals surface area contributed by atoms with Gasteiger partial charge in [0.1, 0.15) is 5.84 Å². The highest BCUT2D eigenvalue weighted by atomic mass is 35.5. The number of amidine groups is 1. The van der Waals surface area contributed by atoms with Crippen LogP contribution in [0.5, 0.6) is 0 Å². The molecule has 134 valence electrons. The van der Waals surface area contributed by atoms with E-state index >= 15 is 0 Å². The van der Waals surface area contributed by atoms with Crippen molar-refractivity contribution in [2.75, 3.05) is 14.1 Å². The highest BCUT2D eigenvalue weighted by Crippen LogP contribution is 2.21. The number of hydrogen-bond donors (Lipinski definition) is 2. The maximum absolute atomic E-state index is 12.0. The zero-order chi connectivity index (χ0) is 18.7. The van der Waals surface area contributed by atoms with E-state index in [1.54, 1.807) is 17.0 Å². The molecule has 1 amide bonds. The van der Waals surface area contributed by atoms with Gasteiger partial charge in [-0.3, -0.25) is 10.2 Å². The Morgan fingerprint density at radius 2 is 2.00 bits per heavy atom. The van der Waals surface area contributed by atoms with Crippen molar-refractivity contribution in [2.45, 2.75) is 6.54 Å². The lowest BCUT2D eigenvalue weighted by molar-refractivity contribution is 0.0950. The lowest BCUT2D eigenvalue weighted by Crippen LogP contribution is -2.21. The summed E-state index contributed by atoms with van der Waals surface area (Å²) in [6.45, 7) is 0.130. The van der Waals surface area contributed by atoms with Gasteiger partial charge in [0.15, 0.2) is 0 Å². The van der Waals surface area contributed by atoms with Crippen LogP contribution < -0.4 is 5.32 Å². The lowest BCUT2D eigenvalue weighted by atomic mass is 10.1. The van der Waals surface area contributed by atoms with Gasteiger partial charge in [-0.15, -0.1) is 11.3 Å². The fourth-order valence-electron chi connectivity index (χ4n) is 2.16. The van der Waals surface area contributed by atoms with Gasteiger partial charge in [0.25, 0.3) is 5.91 Å². The molecule has 3 rings (SSSR count). The Morgan fingerprint density at radius 1 is 1.27 bits per heavy atom. The number of nitrogens with zero attached hydrogens (tertiary/aromatic N) is 3. The Morgan fingerprint density at radius 3 is 2.62 bits per heavy atom.